The highest BCUT2D eigenvalue weighted by molar-refractivity contribution is 8.02. The van der Waals surface area contributed by atoms with Crippen LogP contribution < -0.4 is 0 Å². The number of aliphatic hydroxyl groups excluding tert-OH is 1. The van der Waals surface area contributed by atoms with Crippen LogP contribution in [0.2, 0.25) is 0 Å². The third-order valence-corrected chi connectivity index (χ3v) is 9.74. The largest absolute Gasteiger partial charge is 0.394 e. The van der Waals surface area contributed by atoms with Gasteiger partial charge < -0.3 is 19.8 Å². The molecule has 2 unspecified atom stereocenters. The zero-order valence-electron chi connectivity index (χ0n) is 21.1. The van der Waals surface area contributed by atoms with Gasteiger partial charge in [0.05, 0.1) is 29.2 Å². The van der Waals surface area contributed by atoms with E-state index in [2.05, 4.69) is 20.1 Å². The van der Waals surface area contributed by atoms with Crippen molar-refractivity contribution in [2.24, 2.45) is 17.8 Å². The van der Waals surface area contributed by atoms with Crippen molar-refractivity contribution in [2.75, 3.05) is 33.3 Å². The van der Waals surface area contributed by atoms with E-state index in [4.69, 9.17) is 0 Å². The third-order valence-electron chi connectivity index (χ3n) is 7.79. The number of likely N-dealkylation sites (tertiary alicyclic amines) is 1. The van der Waals surface area contributed by atoms with Crippen molar-refractivity contribution in [2.45, 2.75) is 68.5 Å². The second kappa shape index (κ2) is 10.9. The maximum Gasteiger partial charge on any atom is 0.247 e. The summed E-state index contributed by atoms with van der Waals surface area (Å²) in [5, 5.41) is 10.3. The van der Waals surface area contributed by atoms with E-state index in [0.717, 1.165) is 25.7 Å². The number of carbonyl (C=O) groups is 3. The molecule has 6 atom stereocenters. The molecule has 7 nitrogen and oxygen atoms in total. The van der Waals surface area contributed by atoms with Crippen LogP contribution in [0, 0.1) is 17.8 Å². The standard InChI is InChI=1S/C26H41N3O4S/c1-7-10-15-28(14-9-3)25(33)22-26-12-11-19(34-26)20(23(31)27(6)13-8-2)21(26)24(32)29(22)18(16-30)17(4)5/h8-9,17-22,30H,2-3,7,10-16H2,1,4-6H3/t18-,19-,20+,21-,22?,26?/m0/s1. The lowest BCUT2D eigenvalue weighted by Gasteiger charge is -2.40. The van der Waals surface area contributed by atoms with Crippen LogP contribution in [0.4, 0.5) is 0 Å². The Morgan fingerprint density at radius 3 is 2.50 bits per heavy atom. The predicted octanol–water partition coefficient (Wildman–Crippen LogP) is 2.55. The van der Waals surface area contributed by atoms with Crippen molar-refractivity contribution in [1.82, 2.24) is 14.7 Å². The minimum atomic E-state index is -0.682. The molecule has 3 fully saturated rings. The van der Waals surface area contributed by atoms with Crippen molar-refractivity contribution >= 4 is 29.5 Å². The summed E-state index contributed by atoms with van der Waals surface area (Å²) >= 11 is 1.67. The van der Waals surface area contributed by atoms with E-state index in [1.807, 2.05) is 13.8 Å². The van der Waals surface area contributed by atoms with Gasteiger partial charge in [-0.15, -0.1) is 24.9 Å². The lowest BCUT2D eigenvalue weighted by atomic mass is 9.70. The molecule has 3 rings (SSSR count). The summed E-state index contributed by atoms with van der Waals surface area (Å²) in [5.41, 5.74) is 0. The molecular weight excluding hydrogens is 450 g/mol. The number of carbonyl (C=O) groups excluding carboxylic acids is 3. The van der Waals surface area contributed by atoms with Crippen LogP contribution >= 0.6 is 11.8 Å². The summed E-state index contributed by atoms with van der Waals surface area (Å²) in [4.78, 5) is 46.9. The molecule has 1 spiro atoms. The number of likely N-dealkylation sites (N-methyl/N-ethyl adjacent to an activating group) is 1. The van der Waals surface area contributed by atoms with Gasteiger partial charge in [0.15, 0.2) is 0 Å². The monoisotopic (exact) mass is 491 g/mol. The normalized spacial score (nSPS) is 30.4. The van der Waals surface area contributed by atoms with Gasteiger partial charge in [-0.3, -0.25) is 14.4 Å². The van der Waals surface area contributed by atoms with Crippen LogP contribution in [-0.2, 0) is 14.4 Å². The Morgan fingerprint density at radius 1 is 1.26 bits per heavy atom. The fraction of sp³-hybridized carbons (Fsp3) is 0.731. The fourth-order valence-electron chi connectivity index (χ4n) is 6.14. The zero-order chi connectivity index (χ0) is 25.2. The molecule has 0 aliphatic carbocycles. The lowest BCUT2D eigenvalue weighted by Crippen LogP contribution is -2.58. The molecule has 8 heteroatoms. The zero-order valence-corrected chi connectivity index (χ0v) is 21.9. The summed E-state index contributed by atoms with van der Waals surface area (Å²) < 4.78 is -0.637. The molecule has 3 heterocycles. The van der Waals surface area contributed by atoms with Crippen molar-refractivity contribution < 1.29 is 19.5 Å². The molecule has 190 valence electrons. The van der Waals surface area contributed by atoms with Crippen molar-refractivity contribution in [1.29, 1.82) is 0 Å². The molecule has 34 heavy (non-hydrogen) atoms. The fourth-order valence-corrected chi connectivity index (χ4v) is 8.33. The highest BCUT2D eigenvalue weighted by atomic mass is 32.2. The number of unbranched alkanes of at least 4 members (excludes halogenated alkanes) is 1. The molecule has 3 aliphatic rings. The molecule has 3 amide bonds. The number of amides is 3. The van der Waals surface area contributed by atoms with Crippen LogP contribution in [0.5, 0.6) is 0 Å². The third kappa shape index (κ3) is 4.32. The molecule has 0 aromatic heterocycles. The van der Waals surface area contributed by atoms with E-state index in [9.17, 15) is 19.5 Å². The summed E-state index contributed by atoms with van der Waals surface area (Å²) in [6, 6.07) is -1.15. The maximum absolute atomic E-state index is 14.2. The van der Waals surface area contributed by atoms with Gasteiger partial charge in [-0.25, -0.2) is 0 Å². The number of hydrogen-bond donors (Lipinski definition) is 1. The highest BCUT2D eigenvalue weighted by Crippen LogP contribution is 2.67. The second-order valence-corrected chi connectivity index (χ2v) is 11.8. The first-order valence-corrected chi connectivity index (χ1v) is 13.4. The van der Waals surface area contributed by atoms with Gasteiger partial charge in [0.25, 0.3) is 0 Å². The first-order valence-electron chi connectivity index (χ1n) is 12.6. The minimum absolute atomic E-state index is 0.0252. The number of fused-ring (bicyclic) bond motifs is 1. The molecule has 2 bridgehead atoms. The van der Waals surface area contributed by atoms with Gasteiger partial charge in [0.1, 0.15) is 6.04 Å². The minimum Gasteiger partial charge on any atom is -0.394 e. The molecule has 3 aliphatic heterocycles. The molecule has 0 aromatic carbocycles. The maximum atomic E-state index is 14.2. The number of aliphatic hydroxyl groups is 1. The summed E-state index contributed by atoms with van der Waals surface area (Å²) in [6.45, 7) is 14.8. The molecule has 0 aromatic rings. The van der Waals surface area contributed by atoms with Gasteiger partial charge in [-0.1, -0.05) is 39.3 Å². The summed E-state index contributed by atoms with van der Waals surface area (Å²) in [6.07, 6.45) is 6.78. The van der Waals surface area contributed by atoms with Crippen LogP contribution in [0.25, 0.3) is 0 Å². The van der Waals surface area contributed by atoms with Gasteiger partial charge in [-0.05, 0) is 25.2 Å². The van der Waals surface area contributed by atoms with Gasteiger partial charge >= 0.3 is 0 Å². The first-order chi connectivity index (χ1) is 16.2. The van der Waals surface area contributed by atoms with Crippen molar-refractivity contribution in [3.8, 4) is 0 Å². The van der Waals surface area contributed by atoms with E-state index in [-0.39, 0.29) is 35.5 Å². The average molecular weight is 492 g/mol. The summed E-state index contributed by atoms with van der Waals surface area (Å²) in [5.74, 6) is -1.31. The second-order valence-electron chi connectivity index (χ2n) is 10.2. The van der Waals surface area contributed by atoms with Crippen molar-refractivity contribution in [3.63, 3.8) is 0 Å². The average Bonchev–Trinajstić information content (AvgIpc) is 3.44. The van der Waals surface area contributed by atoms with E-state index in [0.29, 0.717) is 19.6 Å². The van der Waals surface area contributed by atoms with E-state index < -0.39 is 28.7 Å². The highest BCUT2D eigenvalue weighted by Gasteiger charge is 2.74. The van der Waals surface area contributed by atoms with Crippen molar-refractivity contribution in [3.05, 3.63) is 25.3 Å². The number of rotatable bonds is 12. The first kappa shape index (κ1) is 26.8. The van der Waals surface area contributed by atoms with Crippen LogP contribution in [0.15, 0.2) is 25.3 Å². The van der Waals surface area contributed by atoms with E-state index in [1.54, 1.807) is 45.7 Å². The van der Waals surface area contributed by atoms with Gasteiger partial charge in [0.2, 0.25) is 17.7 Å². The number of thioether (sulfide) groups is 1. The van der Waals surface area contributed by atoms with Crippen LogP contribution in [0.3, 0.4) is 0 Å². The topological polar surface area (TPSA) is 81.2 Å². The quantitative estimate of drug-likeness (QED) is 0.425. The number of nitrogens with zero attached hydrogens (tertiary/aromatic N) is 3. The summed E-state index contributed by atoms with van der Waals surface area (Å²) in [7, 11) is 1.74. The smallest absolute Gasteiger partial charge is 0.247 e. The molecule has 0 radical (unpaired) electrons. The lowest BCUT2D eigenvalue weighted by molar-refractivity contribution is -0.147. The Morgan fingerprint density at radius 2 is 1.94 bits per heavy atom. The Kier molecular flexibility index (Phi) is 8.56. The van der Waals surface area contributed by atoms with Crippen LogP contribution in [-0.4, -0.2) is 92.9 Å². The van der Waals surface area contributed by atoms with Crippen LogP contribution in [0.1, 0.15) is 46.5 Å². The van der Waals surface area contributed by atoms with E-state index in [1.165, 1.54) is 0 Å². The van der Waals surface area contributed by atoms with Gasteiger partial charge in [0, 0.05) is 31.9 Å². The Labute approximate surface area is 208 Å². The Bertz CT molecular complexity index is 818. The SMILES string of the molecule is C=CCN(C)C(=O)[C@@H]1[C@@H]2CCC3(S2)C(C(=O)N(CC=C)CCCC)N([C@@H](CO)C(C)C)C(=O)[C@H]13. The number of hydrogen-bond acceptors (Lipinski definition) is 5. The van der Waals surface area contributed by atoms with Gasteiger partial charge in [-0.2, -0.15) is 0 Å². The molecular formula is C26H41N3O4S. The Hall–Kier alpha value is -1.80. The predicted molar refractivity (Wildman–Crippen MR) is 136 cm³/mol. The van der Waals surface area contributed by atoms with E-state index >= 15 is 0 Å². The molecule has 0 saturated carbocycles. The Balaban J connectivity index is 2.08. The molecule has 1 N–H and O–H groups in total. The molecule has 3 saturated heterocycles.